The number of nitrogens with zero attached hydrogens (tertiary/aromatic N) is 5. The zero-order chi connectivity index (χ0) is 21.3. The van der Waals surface area contributed by atoms with Gasteiger partial charge in [-0.05, 0) is 18.2 Å². The van der Waals surface area contributed by atoms with Crippen molar-refractivity contribution in [1.82, 2.24) is 4.90 Å². The largest absolute Gasteiger partial charge is 0.399 e. The van der Waals surface area contributed by atoms with Crippen molar-refractivity contribution >= 4 is 17.3 Å². The van der Waals surface area contributed by atoms with Gasteiger partial charge in [0.2, 0.25) is 0 Å². The van der Waals surface area contributed by atoms with Gasteiger partial charge < -0.3 is 5.73 Å². The van der Waals surface area contributed by atoms with Crippen LogP contribution in [0, 0.1) is 55.4 Å². The number of nitro benzene ring substituents is 1. The molecule has 0 saturated heterocycles. The Balaban J connectivity index is 2.39. The lowest BCUT2D eigenvalue weighted by Gasteiger charge is -2.45. The number of allylic oxidation sites excluding steroid dienone is 2. The zero-order valence-electron chi connectivity index (χ0n) is 15.6. The number of nitrogens with two attached hydrogens (primary N) is 1. The van der Waals surface area contributed by atoms with Gasteiger partial charge in [0.05, 0.1) is 28.3 Å². The van der Waals surface area contributed by atoms with Crippen LogP contribution < -0.4 is 5.73 Å². The van der Waals surface area contributed by atoms with E-state index < -0.39 is 22.2 Å². The van der Waals surface area contributed by atoms with E-state index in [9.17, 15) is 25.9 Å². The Labute approximate surface area is 172 Å². The number of benzene rings is 1. The second-order valence-corrected chi connectivity index (χ2v) is 7.42. The van der Waals surface area contributed by atoms with Crippen LogP contribution in [0.4, 0.5) is 5.69 Å². The molecule has 146 valence electrons. The first-order chi connectivity index (χ1) is 13.8. The quantitative estimate of drug-likeness (QED) is 0.597. The first-order valence-electron chi connectivity index (χ1n) is 8.94. The Morgan fingerprint density at radius 2 is 2.07 bits per heavy atom. The molecular weight excluding hydrogens is 392 g/mol. The summed E-state index contributed by atoms with van der Waals surface area (Å²) >= 11 is 5.96. The average molecular weight is 409 g/mol. The second kappa shape index (κ2) is 7.56. The van der Waals surface area contributed by atoms with E-state index in [1.807, 2.05) is 31.2 Å². The van der Waals surface area contributed by atoms with Gasteiger partial charge in [0.1, 0.15) is 6.07 Å². The lowest BCUT2D eigenvalue weighted by atomic mass is 9.58. The maximum atomic E-state index is 11.7. The van der Waals surface area contributed by atoms with Crippen LogP contribution in [-0.2, 0) is 0 Å². The van der Waals surface area contributed by atoms with Crippen molar-refractivity contribution in [2.75, 3.05) is 19.6 Å². The van der Waals surface area contributed by atoms with E-state index in [4.69, 9.17) is 17.3 Å². The maximum Gasteiger partial charge on any atom is 0.274 e. The third kappa shape index (κ3) is 3.02. The Hall–Kier alpha value is -3.38. The van der Waals surface area contributed by atoms with E-state index in [-0.39, 0.29) is 27.5 Å². The van der Waals surface area contributed by atoms with Crippen LogP contribution in [-0.4, -0.2) is 29.5 Å². The molecule has 0 radical (unpaired) electrons. The van der Waals surface area contributed by atoms with E-state index in [0.717, 1.165) is 0 Å². The van der Waals surface area contributed by atoms with Gasteiger partial charge in [0.25, 0.3) is 5.69 Å². The molecule has 0 aromatic heterocycles. The van der Waals surface area contributed by atoms with Gasteiger partial charge >= 0.3 is 0 Å². The summed E-state index contributed by atoms with van der Waals surface area (Å²) in [6.07, 6.45) is 1.86. The summed E-state index contributed by atoms with van der Waals surface area (Å²) < 4.78 is 0. The topological polar surface area (TPSA) is 144 Å². The molecule has 2 atom stereocenters. The highest BCUT2D eigenvalue weighted by Crippen LogP contribution is 2.55. The summed E-state index contributed by atoms with van der Waals surface area (Å²) in [6.45, 7) is 3.71. The first-order valence-corrected chi connectivity index (χ1v) is 9.31. The number of hydrogen-bond acceptors (Lipinski definition) is 7. The van der Waals surface area contributed by atoms with Crippen molar-refractivity contribution in [2.24, 2.45) is 17.1 Å². The number of fused-ring (bicyclic) bond motifs is 1. The summed E-state index contributed by atoms with van der Waals surface area (Å²) in [7, 11) is 0. The average Bonchev–Trinajstić information content (AvgIpc) is 2.73. The van der Waals surface area contributed by atoms with Gasteiger partial charge in [-0.3, -0.25) is 15.0 Å². The van der Waals surface area contributed by atoms with Crippen LogP contribution in [0.3, 0.4) is 0 Å². The summed E-state index contributed by atoms with van der Waals surface area (Å²) in [5.74, 6) is -1.40. The fourth-order valence-electron chi connectivity index (χ4n) is 4.28. The van der Waals surface area contributed by atoms with E-state index in [1.165, 1.54) is 18.2 Å². The molecule has 0 fully saturated rings. The molecule has 1 aromatic carbocycles. The summed E-state index contributed by atoms with van der Waals surface area (Å²) in [5.41, 5.74) is 4.80. The van der Waals surface area contributed by atoms with Crippen molar-refractivity contribution in [3.63, 3.8) is 0 Å². The molecule has 0 unspecified atom stereocenters. The number of rotatable bonds is 3. The number of hydrogen-bond donors (Lipinski definition) is 1. The fraction of sp³-hybridized carbons (Fsp3) is 0.350. The van der Waals surface area contributed by atoms with E-state index in [2.05, 4.69) is 4.90 Å². The van der Waals surface area contributed by atoms with Crippen LogP contribution in [0.5, 0.6) is 0 Å². The zero-order valence-corrected chi connectivity index (χ0v) is 16.3. The molecule has 1 aliphatic carbocycles. The molecule has 1 aliphatic heterocycles. The lowest BCUT2D eigenvalue weighted by molar-refractivity contribution is -0.385. The maximum absolute atomic E-state index is 11.7. The molecule has 29 heavy (non-hydrogen) atoms. The highest BCUT2D eigenvalue weighted by molar-refractivity contribution is 6.30. The molecular formula is C20H17ClN6O2. The van der Waals surface area contributed by atoms with Crippen molar-refractivity contribution in [3.8, 4) is 18.2 Å². The van der Waals surface area contributed by atoms with E-state index >= 15 is 0 Å². The Bertz CT molecular complexity index is 1060. The van der Waals surface area contributed by atoms with Crippen LogP contribution in [0.1, 0.15) is 18.4 Å². The number of likely N-dealkylation sites (N-methyl/N-ethyl adjacent to an activating group) is 1. The standard InChI is InChI=1S/C20H17ClN6O2/c1-2-26-6-5-13-15(8-22)19(25)20(10-23,11-24)18(16(13)9-26)14-4-3-12(21)7-17(14)27(28)29/h3-5,7,16,18H,2,6,9,25H2,1H3/t16-,18+/m1/s1. The number of nitro groups is 1. The smallest absolute Gasteiger partial charge is 0.274 e. The molecule has 2 N–H and O–H groups in total. The number of halogens is 1. The third-order valence-corrected chi connectivity index (χ3v) is 5.95. The SMILES string of the molecule is CCN1CC=C2C(C#N)=C(N)C(C#N)(C#N)[C@@H](c3ccc(Cl)cc3[N+](=O)[O-])[C@@H]2C1. The predicted octanol–water partition coefficient (Wildman–Crippen LogP) is 2.99. The van der Waals surface area contributed by atoms with Crippen molar-refractivity contribution in [3.05, 3.63) is 61.8 Å². The highest BCUT2D eigenvalue weighted by atomic mass is 35.5. The Kier molecular flexibility index (Phi) is 5.31. The van der Waals surface area contributed by atoms with Crippen molar-refractivity contribution < 1.29 is 4.92 Å². The first kappa shape index (κ1) is 20.4. The summed E-state index contributed by atoms with van der Waals surface area (Å²) in [4.78, 5) is 13.3. The second-order valence-electron chi connectivity index (χ2n) is 6.99. The minimum Gasteiger partial charge on any atom is -0.399 e. The summed E-state index contributed by atoms with van der Waals surface area (Å²) in [6, 6.07) is 10.2. The monoisotopic (exact) mass is 408 g/mol. The van der Waals surface area contributed by atoms with Gasteiger partial charge in [-0.1, -0.05) is 30.7 Å². The highest BCUT2D eigenvalue weighted by Gasteiger charge is 2.55. The molecule has 8 nitrogen and oxygen atoms in total. The van der Waals surface area contributed by atoms with Crippen LogP contribution >= 0.6 is 11.6 Å². The van der Waals surface area contributed by atoms with Crippen LogP contribution in [0.25, 0.3) is 0 Å². The van der Waals surface area contributed by atoms with E-state index in [0.29, 0.717) is 25.2 Å². The Morgan fingerprint density at radius 1 is 1.38 bits per heavy atom. The fourth-order valence-corrected chi connectivity index (χ4v) is 4.45. The van der Waals surface area contributed by atoms with Crippen molar-refractivity contribution in [1.29, 1.82) is 15.8 Å². The lowest BCUT2D eigenvalue weighted by Crippen LogP contribution is -2.48. The molecule has 1 heterocycles. The van der Waals surface area contributed by atoms with Crippen LogP contribution in [0.15, 0.2) is 41.1 Å². The molecule has 0 saturated carbocycles. The molecule has 0 bridgehead atoms. The van der Waals surface area contributed by atoms with Crippen LogP contribution in [0.2, 0.25) is 5.02 Å². The normalized spacial score (nSPS) is 23.2. The van der Waals surface area contributed by atoms with Crippen molar-refractivity contribution in [2.45, 2.75) is 12.8 Å². The molecule has 2 aliphatic rings. The Morgan fingerprint density at radius 3 is 2.62 bits per heavy atom. The summed E-state index contributed by atoms with van der Waals surface area (Å²) in [5, 5.41) is 41.7. The predicted molar refractivity (Wildman–Crippen MR) is 105 cm³/mol. The van der Waals surface area contributed by atoms with Gasteiger partial charge in [-0.2, -0.15) is 15.8 Å². The van der Waals surface area contributed by atoms with Gasteiger partial charge in [0.15, 0.2) is 5.41 Å². The van der Waals surface area contributed by atoms with Gasteiger partial charge in [0, 0.05) is 41.6 Å². The van der Waals surface area contributed by atoms with Gasteiger partial charge in [-0.25, -0.2) is 0 Å². The van der Waals surface area contributed by atoms with E-state index in [1.54, 1.807) is 0 Å². The molecule has 1 aromatic rings. The molecule has 0 amide bonds. The molecule has 3 rings (SSSR count). The minimum absolute atomic E-state index is 0.113. The third-order valence-electron chi connectivity index (χ3n) is 5.71. The van der Waals surface area contributed by atoms with Gasteiger partial charge in [-0.15, -0.1) is 0 Å². The number of nitriles is 3. The molecule has 9 heteroatoms. The molecule has 0 spiro atoms. The minimum atomic E-state index is -1.91.